The summed E-state index contributed by atoms with van der Waals surface area (Å²) in [7, 11) is -3.37. The second-order valence-corrected chi connectivity index (χ2v) is 5.87. The highest BCUT2D eigenvalue weighted by atomic mass is 32.2. The molecule has 1 aromatic carbocycles. The molecule has 2 atom stereocenters. The minimum Gasteiger partial charge on any atom is -0.368 e. The van der Waals surface area contributed by atoms with Gasteiger partial charge in [0, 0.05) is 0 Å². The van der Waals surface area contributed by atoms with Crippen LogP contribution in [0.15, 0.2) is 30.3 Å². The van der Waals surface area contributed by atoms with Crippen molar-refractivity contribution in [2.24, 2.45) is 0 Å². The fourth-order valence-corrected chi connectivity index (χ4v) is 2.34. The molecule has 0 bridgehead atoms. The second-order valence-electron chi connectivity index (χ2n) is 4.22. The average molecular weight is 256 g/mol. The monoisotopic (exact) mass is 256 g/mol. The van der Waals surface area contributed by atoms with E-state index in [9.17, 15) is 8.42 Å². The minimum absolute atomic E-state index is 0.0596. The lowest BCUT2D eigenvalue weighted by Gasteiger charge is -2.13. The SMILES string of the molecule is CS(=O)(=O)OC[C@@H]1CC[C@@H](c2ccccc2)O1. The van der Waals surface area contributed by atoms with Crippen LogP contribution in [0.25, 0.3) is 0 Å². The van der Waals surface area contributed by atoms with Crippen LogP contribution in [0, 0.1) is 0 Å². The summed E-state index contributed by atoms with van der Waals surface area (Å²) in [5.41, 5.74) is 1.13. The Morgan fingerprint density at radius 3 is 2.65 bits per heavy atom. The summed E-state index contributed by atoms with van der Waals surface area (Å²) in [6.45, 7) is 0.113. The van der Waals surface area contributed by atoms with Crippen molar-refractivity contribution in [3.8, 4) is 0 Å². The Morgan fingerprint density at radius 2 is 2.00 bits per heavy atom. The molecular weight excluding hydrogens is 240 g/mol. The van der Waals surface area contributed by atoms with E-state index in [0.29, 0.717) is 0 Å². The lowest BCUT2D eigenvalue weighted by atomic mass is 10.1. The number of hydrogen-bond donors (Lipinski definition) is 0. The fourth-order valence-electron chi connectivity index (χ4n) is 1.94. The van der Waals surface area contributed by atoms with Crippen LogP contribution in [-0.2, 0) is 19.0 Å². The Labute approximate surface area is 102 Å². The molecule has 2 rings (SSSR count). The van der Waals surface area contributed by atoms with Gasteiger partial charge in [-0.1, -0.05) is 30.3 Å². The van der Waals surface area contributed by atoms with Crippen LogP contribution in [0.3, 0.4) is 0 Å². The van der Waals surface area contributed by atoms with E-state index >= 15 is 0 Å². The minimum atomic E-state index is -3.37. The molecule has 0 amide bonds. The molecule has 1 aliphatic rings. The third kappa shape index (κ3) is 3.80. The molecule has 4 nitrogen and oxygen atoms in total. The largest absolute Gasteiger partial charge is 0.368 e. The van der Waals surface area contributed by atoms with Gasteiger partial charge in [-0.15, -0.1) is 0 Å². The van der Waals surface area contributed by atoms with Gasteiger partial charge in [0.1, 0.15) is 0 Å². The average Bonchev–Trinajstić information content (AvgIpc) is 2.75. The Balaban J connectivity index is 1.88. The van der Waals surface area contributed by atoms with Gasteiger partial charge in [0.25, 0.3) is 10.1 Å². The van der Waals surface area contributed by atoms with Crippen LogP contribution in [0.2, 0.25) is 0 Å². The molecule has 0 spiro atoms. The molecule has 17 heavy (non-hydrogen) atoms. The summed E-state index contributed by atoms with van der Waals surface area (Å²) >= 11 is 0. The predicted octanol–water partition coefficient (Wildman–Crippen LogP) is 1.88. The van der Waals surface area contributed by atoms with Gasteiger partial charge in [-0.3, -0.25) is 4.18 Å². The molecule has 0 saturated carbocycles. The van der Waals surface area contributed by atoms with Gasteiger partial charge >= 0.3 is 0 Å². The molecule has 1 saturated heterocycles. The molecule has 1 aromatic rings. The van der Waals surface area contributed by atoms with E-state index in [1.54, 1.807) is 0 Å². The van der Waals surface area contributed by atoms with Gasteiger partial charge in [-0.25, -0.2) is 0 Å². The molecule has 0 aromatic heterocycles. The Kier molecular flexibility index (Phi) is 3.81. The van der Waals surface area contributed by atoms with Crippen LogP contribution in [0.5, 0.6) is 0 Å². The van der Waals surface area contributed by atoms with E-state index in [1.165, 1.54) is 0 Å². The standard InChI is InChI=1S/C12H16O4S/c1-17(13,14)15-9-11-7-8-12(16-11)10-5-3-2-4-6-10/h2-6,11-12H,7-9H2,1H3/t11-,12-/m0/s1. The zero-order valence-electron chi connectivity index (χ0n) is 9.70. The van der Waals surface area contributed by atoms with Crippen molar-refractivity contribution >= 4 is 10.1 Å². The van der Waals surface area contributed by atoms with Crippen molar-refractivity contribution in [1.29, 1.82) is 0 Å². The van der Waals surface area contributed by atoms with E-state index in [-0.39, 0.29) is 18.8 Å². The van der Waals surface area contributed by atoms with Crippen molar-refractivity contribution in [2.75, 3.05) is 12.9 Å². The predicted molar refractivity (Wildman–Crippen MR) is 64.1 cm³/mol. The normalized spacial score (nSPS) is 25.0. The Hall–Kier alpha value is -0.910. The van der Waals surface area contributed by atoms with Gasteiger partial charge in [-0.05, 0) is 18.4 Å². The molecule has 0 radical (unpaired) electrons. The van der Waals surface area contributed by atoms with Gasteiger partial charge in [0.05, 0.1) is 25.1 Å². The zero-order valence-corrected chi connectivity index (χ0v) is 10.5. The molecule has 1 aliphatic heterocycles. The van der Waals surface area contributed by atoms with E-state index in [0.717, 1.165) is 24.7 Å². The quantitative estimate of drug-likeness (QED) is 0.772. The molecule has 1 heterocycles. The van der Waals surface area contributed by atoms with Crippen LogP contribution in [0.4, 0.5) is 0 Å². The summed E-state index contributed by atoms with van der Waals surface area (Å²) in [5.74, 6) is 0. The smallest absolute Gasteiger partial charge is 0.264 e. The lowest BCUT2D eigenvalue weighted by molar-refractivity contribution is 0.0188. The van der Waals surface area contributed by atoms with Gasteiger partial charge < -0.3 is 4.74 Å². The van der Waals surface area contributed by atoms with Crippen molar-refractivity contribution < 1.29 is 17.3 Å². The topological polar surface area (TPSA) is 52.6 Å². The third-order valence-electron chi connectivity index (χ3n) is 2.75. The number of ether oxygens (including phenoxy) is 1. The first-order valence-corrected chi connectivity index (χ1v) is 7.41. The fraction of sp³-hybridized carbons (Fsp3) is 0.500. The maximum absolute atomic E-state index is 10.9. The third-order valence-corrected chi connectivity index (χ3v) is 3.31. The number of rotatable bonds is 4. The van der Waals surface area contributed by atoms with Crippen molar-refractivity contribution in [1.82, 2.24) is 0 Å². The van der Waals surface area contributed by atoms with Crippen LogP contribution >= 0.6 is 0 Å². The first-order valence-electron chi connectivity index (χ1n) is 5.59. The zero-order chi connectivity index (χ0) is 12.3. The van der Waals surface area contributed by atoms with Crippen LogP contribution in [0.1, 0.15) is 24.5 Å². The first-order chi connectivity index (χ1) is 8.04. The number of hydrogen-bond acceptors (Lipinski definition) is 4. The highest BCUT2D eigenvalue weighted by Gasteiger charge is 2.27. The maximum Gasteiger partial charge on any atom is 0.264 e. The Bertz CT molecular complexity index is 455. The molecule has 0 unspecified atom stereocenters. The maximum atomic E-state index is 10.9. The number of benzene rings is 1. The summed E-state index contributed by atoms with van der Waals surface area (Å²) in [5, 5.41) is 0. The first kappa shape index (κ1) is 12.5. The van der Waals surface area contributed by atoms with Crippen molar-refractivity contribution in [3.05, 3.63) is 35.9 Å². The second kappa shape index (κ2) is 5.16. The summed E-state index contributed by atoms with van der Waals surface area (Å²) in [6, 6.07) is 9.94. The highest BCUT2D eigenvalue weighted by Crippen LogP contribution is 2.32. The van der Waals surface area contributed by atoms with E-state index in [1.807, 2.05) is 30.3 Å². The molecule has 0 aliphatic carbocycles. The molecule has 0 N–H and O–H groups in total. The van der Waals surface area contributed by atoms with Crippen molar-refractivity contribution in [3.63, 3.8) is 0 Å². The van der Waals surface area contributed by atoms with Gasteiger partial charge in [0.15, 0.2) is 0 Å². The van der Waals surface area contributed by atoms with E-state index in [2.05, 4.69) is 0 Å². The Morgan fingerprint density at radius 1 is 1.29 bits per heavy atom. The van der Waals surface area contributed by atoms with Gasteiger partial charge in [-0.2, -0.15) is 8.42 Å². The lowest BCUT2D eigenvalue weighted by Crippen LogP contribution is -2.17. The van der Waals surface area contributed by atoms with Gasteiger partial charge in [0.2, 0.25) is 0 Å². The van der Waals surface area contributed by atoms with Crippen LogP contribution in [-0.4, -0.2) is 27.4 Å². The van der Waals surface area contributed by atoms with E-state index < -0.39 is 10.1 Å². The molecule has 94 valence electrons. The molecule has 1 fully saturated rings. The summed E-state index contributed by atoms with van der Waals surface area (Å²) in [6.07, 6.45) is 2.72. The molecule has 5 heteroatoms. The highest BCUT2D eigenvalue weighted by molar-refractivity contribution is 7.85. The summed E-state index contributed by atoms with van der Waals surface area (Å²) < 4.78 is 32.2. The summed E-state index contributed by atoms with van der Waals surface area (Å²) in [4.78, 5) is 0. The molecular formula is C12H16O4S. The van der Waals surface area contributed by atoms with Crippen LogP contribution < -0.4 is 0 Å². The van der Waals surface area contributed by atoms with Crippen molar-refractivity contribution in [2.45, 2.75) is 25.0 Å². The van der Waals surface area contributed by atoms with E-state index in [4.69, 9.17) is 8.92 Å².